The molecule has 5 nitrogen and oxygen atoms in total. The molecular formula is C24H16BrNO4S2. The zero-order chi connectivity index (χ0) is 22.7. The summed E-state index contributed by atoms with van der Waals surface area (Å²) in [4.78, 5) is 26.1. The van der Waals surface area contributed by atoms with Crippen molar-refractivity contribution in [2.75, 3.05) is 4.90 Å². The standard InChI is InChI=1S/C24H16BrNO4S2/c25-19-12-15(9-10-20(19)30-14-16-5-4-6-17(11-16)23(28)29)13-21-22(27)26(24(31)32-21)18-7-2-1-3-8-18/h1-13H,14H2,(H,28,29)/b21-13+. The van der Waals surface area contributed by atoms with Crippen LogP contribution in [0.3, 0.4) is 0 Å². The molecule has 0 aromatic heterocycles. The van der Waals surface area contributed by atoms with Crippen LogP contribution in [0.5, 0.6) is 5.75 Å². The first-order valence-electron chi connectivity index (χ1n) is 9.50. The number of carboxylic acid groups (broad SMARTS) is 1. The predicted octanol–water partition coefficient (Wildman–Crippen LogP) is 6.13. The van der Waals surface area contributed by atoms with Gasteiger partial charge in [0.05, 0.1) is 20.6 Å². The van der Waals surface area contributed by atoms with Crippen molar-refractivity contribution in [2.24, 2.45) is 0 Å². The van der Waals surface area contributed by atoms with E-state index in [9.17, 15) is 9.59 Å². The van der Waals surface area contributed by atoms with Crippen LogP contribution in [-0.4, -0.2) is 21.3 Å². The predicted molar refractivity (Wildman–Crippen MR) is 134 cm³/mol. The number of aromatic carboxylic acids is 1. The van der Waals surface area contributed by atoms with Crippen molar-refractivity contribution in [1.82, 2.24) is 0 Å². The van der Waals surface area contributed by atoms with Gasteiger partial charge in [-0.15, -0.1) is 0 Å². The van der Waals surface area contributed by atoms with Crippen LogP contribution >= 0.6 is 39.9 Å². The molecule has 0 unspecified atom stereocenters. The number of hydrogen-bond acceptors (Lipinski definition) is 5. The number of hydrogen-bond donors (Lipinski definition) is 1. The maximum atomic E-state index is 12.9. The highest BCUT2D eigenvalue weighted by atomic mass is 79.9. The zero-order valence-electron chi connectivity index (χ0n) is 16.5. The molecule has 8 heteroatoms. The first kappa shape index (κ1) is 22.3. The Hall–Kier alpha value is -2.94. The average molecular weight is 526 g/mol. The molecule has 3 aromatic rings. The molecule has 3 aromatic carbocycles. The lowest BCUT2D eigenvalue weighted by Gasteiger charge is -2.13. The van der Waals surface area contributed by atoms with Gasteiger partial charge < -0.3 is 9.84 Å². The lowest BCUT2D eigenvalue weighted by Crippen LogP contribution is -2.27. The molecule has 1 fully saturated rings. The molecule has 0 radical (unpaired) electrons. The quantitative estimate of drug-likeness (QED) is 0.308. The van der Waals surface area contributed by atoms with E-state index in [1.54, 1.807) is 24.3 Å². The number of carboxylic acids is 1. The molecule has 0 spiro atoms. The van der Waals surface area contributed by atoms with E-state index in [2.05, 4.69) is 15.9 Å². The number of thiocarbonyl (C=S) groups is 1. The number of rotatable bonds is 6. The fraction of sp³-hybridized carbons (Fsp3) is 0.0417. The van der Waals surface area contributed by atoms with Crippen molar-refractivity contribution in [2.45, 2.75) is 6.61 Å². The summed E-state index contributed by atoms with van der Waals surface area (Å²) in [7, 11) is 0. The van der Waals surface area contributed by atoms with Crippen LogP contribution < -0.4 is 9.64 Å². The summed E-state index contributed by atoms with van der Waals surface area (Å²) in [6.07, 6.45) is 1.80. The Kier molecular flexibility index (Phi) is 6.74. The van der Waals surface area contributed by atoms with E-state index in [0.717, 1.165) is 21.3 Å². The van der Waals surface area contributed by atoms with Crippen LogP contribution in [0.15, 0.2) is 82.2 Å². The van der Waals surface area contributed by atoms with Crippen molar-refractivity contribution >= 4 is 67.9 Å². The summed E-state index contributed by atoms with van der Waals surface area (Å²) >= 11 is 10.2. The molecule has 1 amide bonds. The molecular weight excluding hydrogens is 510 g/mol. The first-order chi connectivity index (χ1) is 15.4. The fourth-order valence-corrected chi connectivity index (χ4v) is 4.91. The van der Waals surface area contributed by atoms with E-state index in [1.165, 1.54) is 22.7 Å². The van der Waals surface area contributed by atoms with Crippen molar-refractivity contribution in [3.63, 3.8) is 0 Å². The lowest BCUT2D eigenvalue weighted by molar-refractivity contribution is -0.113. The van der Waals surface area contributed by atoms with Gasteiger partial charge in [0.25, 0.3) is 5.91 Å². The number of ether oxygens (including phenoxy) is 1. The van der Waals surface area contributed by atoms with E-state index in [-0.39, 0.29) is 18.1 Å². The van der Waals surface area contributed by atoms with E-state index in [0.29, 0.717) is 15.0 Å². The fourth-order valence-electron chi connectivity index (χ4n) is 3.10. The maximum Gasteiger partial charge on any atom is 0.335 e. The molecule has 0 atom stereocenters. The van der Waals surface area contributed by atoms with Gasteiger partial charge in [-0.2, -0.15) is 0 Å². The number of halogens is 1. The second-order valence-corrected chi connectivity index (χ2v) is 9.37. The van der Waals surface area contributed by atoms with Crippen molar-refractivity contribution in [3.05, 3.63) is 98.9 Å². The normalized spacial score (nSPS) is 14.8. The van der Waals surface area contributed by atoms with Gasteiger partial charge in [0.2, 0.25) is 0 Å². The molecule has 0 aliphatic carbocycles. The maximum absolute atomic E-state index is 12.9. The van der Waals surface area contributed by atoms with E-state index in [1.807, 2.05) is 48.5 Å². The summed E-state index contributed by atoms with van der Waals surface area (Å²) in [5.74, 6) is -0.518. The van der Waals surface area contributed by atoms with E-state index in [4.69, 9.17) is 22.1 Å². The van der Waals surface area contributed by atoms with Crippen LogP contribution in [0.2, 0.25) is 0 Å². The monoisotopic (exact) mass is 525 g/mol. The van der Waals surface area contributed by atoms with Crippen LogP contribution in [0.1, 0.15) is 21.5 Å². The number of nitrogens with zero attached hydrogens (tertiary/aromatic N) is 1. The molecule has 160 valence electrons. The van der Waals surface area contributed by atoms with Gasteiger partial charge in [-0.05, 0) is 69.5 Å². The summed E-state index contributed by atoms with van der Waals surface area (Å²) in [5, 5.41) is 9.11. The van der Waals surface area contributed by atoms with Gasteiger partial charge in [0, 0.05) is 0 Å². The highest BCUT2D eigenvalue weighted by Crippen LogP contribution is 2.36. The molecule has 1 N–H and O–H groups in total. The molecule has 0 bridgehead atoms. The highest BCUT2D eigenvalue weighted by molar-refractivity contribution is 9.10. The topological polar surface area (TPSA) is 66.8 Å². The number of anilines is 1. The van der Waals surface area contributed by atoms with Crippen molar-refractivity contribution in [3.8, 4) is 5.75 Å². The third kappa shape index (κ3) is 4.93. The van der Waals surface area contributed by atoms with Gasteiger partial charge in [-0.25, -0.2) is 4.79 Å². The number of carbonyl (C=O) groups excluding carboxylic acids is 1. The van der Waals surface area contributed by atoms with E-state index < -0.39 is 5.97 Å². The van der Waals surface area contributed by atoms with E-state index >= 15 is 0 Å². The second kappa shape index (κ2) is 9.68. The largest absolute Gasteiger partial charge is 0.488 e. The zero-order valence-corrected chi connectivity index (χ0v) is 19.7. The third-order valence-corrected chi connectivity index (χ3v) is 6.55. The number of thioether (sulfide) groups is 1. The Labute approximate surface area is 202 Å². The minimum absolute atomic E-state index is 0.152. The van der Waals surface area contributed by atoms with Crippen molar-refractivity contribution in [1.29, 1.82) is 0 Å². The molecule has 1 aliphatic rings. The van der Waals surface area contributed by atoms with Crippen LogP contribution in [-0.2, 0) is 11.4 Å². The minimum Gasteiger partial charge on any atom is -0.488 e. The highest BCUT2D eigenvalue weighted by Gasteiger charge is 2.33. The SMILES string of the molecule is O=C(O)c1cccc(COc2ccc(/C=C3/SC(=S)N(c4ccccc4)C3=O)cc2Br)c1. The summed E-state index contributed by atoms with van der Waals surface area (Å²) in [6, 6.07) is 21.4. The van der Waals surface area contributed by atoms with Gasteiger partial charge in [0.15, 0.2) is 4.32 Å². The van der Waals surface area contributed by atoms with Gasteiger partial charge in [0.1, 0.15) is 12.4 Å². The number of para-hydroxylation sites is 1. The summed E-state index contributed by atoms with van der Waals surface area (Å²) in [5.41, 5.74) is 2.54. The average Bonchev–Trinajstić information content (AvgIpc) is 3.06. The van der Waals surface area contributed by atoms with Crippen LogP contribution in [0.4, 0.5) is 5.69 Å². The second-order valence-electron chi connectivity index (χ2n) is 6.84. The van der Waals surface area contributed by atoms with Crippen molar-refractivity contribution < 1.29 is 19.4 Å². The van der Waals surface area contributed by atoms with Crippen LogP contribution in [0, 0.1) is 0 Å². The van der Waals surface area contributed by atoms with Gasteiger partial charge in [-0.3, -0.25) is 9.69 Å². The Morgan fingerprint density at radius 1 is 1.09 bits per heavy atom. The van der Waals surface area contributed by atoms with Gasteiger partial charge >= 0.3 is 5.97 Å². The summed E-state index contributed by atoms with van der Waals surface area (Å²) in [6.45, 7) is 0.231. The molecule has 32 heavy (non-hydrogen) atoms. The molecule has 4 rings (SSSR count). The van der Waals surface area contributed by atoms with Crippen LogP contribution in [0.25, 0.3) is 6.08 Å². The third-order valence-electron chi connectivity index (χ3n) is 4.63. The molecule has 1 heterocycles. The minimum atomic E-state index is -0.977. The first-order valence-corrected chi connectivity index (χ1v) is 11.5. The molecule has 1 aliphatic heterocycles. The van der Waals surface area contributed by atoms with Gasteiger partial charge in [-0.1, -0.05) is 60.4 Å². The number of carbonyl (C=O) groups is 2. The smallest absolute Gasteiger partial charge is 0.335 e. The lowest BCUT2D eigenvalue weighted by atomic mass is 10.1. The summed E-state index contributed by atoms with van der Waals surface area (Å²) < 4.78 is 7.05. The Morgan fingerprint density at radius 3 is 2.59 bits per heavy atom. The Balaban J connectivity index is 1.48. The Bertz CT molecular complexity index is 1240. The number of benzene rings is 3. The molecule has 1 saturated heterocycles. The molecule has 0 saturated carbocycles. The Morgan fingerprint density at radius 2 is 1.88 bits per heavy atom. The number of amides is 1.